The van der Waals surface area contributed by atoms with Crippen molar-refractivity contribution in [3.8, 4) is 0 Å². The number of aliphatic hydroxyl groups excluding tert-OH is 1. The number of rotatable bonds is 6. The lowest BCUT2D eigenvalue weighted by Crippen LogP contribution is -2.18. The van der Waals surface area contributed by atoms with E-state index in [1.54, 1.807) is 16.7 Å². The number of halogens is 3. The van der Waals surface area contributed by atoms with E-state index in [-0.39, 0.29) is 18.0 Å². The Kier molecular flexibility index (Phi) is 5.60. The highest BCUT2D eigenvalue weighted by Gasteiger charge is 2.34. The predicted molar refractivity (Wildman–Crippen MR) is 102 cm³/mol. The van der Waals surface area contributed by atoms with E-state index in [4.69, 9.17) is 10.8 Å². The zero-order valence-electron chi connectivity index (χ0n) is 15.2. The Morgan fingerprint density at radius 1 is 1.10 bits per heavy atom. The third-order valence-electron chi connectivity index (χ3n) is 4.43. The number of carbonyl (C=O) groups is 2. The summed E-state index contributed by atoms with van der Waals surface area (Å²) in [7, 11) is 0. The normalized spacial score (nSPS) is 11.6. The molecule has 6 nitrogen and oxygen atoms in total. The summed E-state index contributed by atoms with van der Waals surface area (Å²) >= 11 is 0. The summed E-state index contributed by atoms with van der Waals surface area (Å²) in [6.07, 6.45) is -4.24. The third kappa shape index (κ3) is 4.24. The molecular formula is C20H18F3N3O3. The van der Waals surface area contributed by atoms with Crippen LogP contribution in [-0.4, -0.2) is 28.1 Å². The van der Waals surface area contributed by atoms with Gasteiger partial charge in [-0.1, -0.05) is 12.1 Å². The molecule has 0 bridgehead atoms. The molecular weight excluding hydrogens is 387 g/mol. The highest BCUT2D eigenvalue weighted by Crippen LogP contribution is 2.32. The Hall–Kier alpha value is -3.33. The van der Waals surface area contributed by atoms with Gasteiger partial charge >= 0.3 is 6.18 Å². The molecule has 152 valence electrons. The van der Waals surface area contributed by atoms with Crippen LogP contribution in [-0.2, 0) is 12.7 Å². The first kappa shape index (κ1) is 20.4. The van der Waals surface area contributed by atoms with Crippen LogP contribution in [0.5, 0.6) is 0 Å². The van der Waals surface area contributed by atoms with Gasteiger partial charge in [-0.05, 0) is 42.8 Å². The predicted octanol–water partition coefficient (Wildman–Crippen LogP) is 3.39. The fraction of sp³-hybridized carbons (Fsp3) is 0.200. The number of primary amides is 1. The van der Waals surface area contributed by atoms with Gasteiger partial charge in [-0.3, -0.25) is 9.59 Å². The third-order valence-corrected chi connectivity index (χ3v) is 4.43. The molecule has 0 aliphatic carbocycles. The van der Waals surface area contributed by atoms with Crippen LogP contribution in [0.4, 0.5) is 18.9 Å². The molecule has 0 spiro atoms. The number of nitrogens with one attached hydrogen (secondary N) is 1. The molecule has 1 aromatic heterocycles. The fourth-order valence-electron chi connectivity index (χ4n) is 3.15. The van der Waals surface area contributed by atoms with Crippen molar-refractivity contribution in [2.75, 3.05) is 11.9 Å². The van der Waals surface area contributed by atoms with E-state index >= 15 is 0 Å². The van der Waals surface area contributed by atoms with Crippen molar-refractivity contribution in [1.29, 1.82) is 0 Å². The Bertz CT molecular complexity index is 1070. The van der Waals surface area contributed by atoms with Gasteiger partial charge < -0.3 is 20.7 Å². The Morgan fingerprint density at radius 3 is 2.48 bits per heavy atom. The van der Waals surface area contributed by atoms with E-state index in [0.717, 1.165) is 12.1 Å². The number of aryl methyl sites for hydroxylation is 1. The van der Waals surface area contributed by atoms with Crippen molar-refractivity contribution in [2.24, 2.45) is 5.73 Å². The van der Waals surface area contributed by atoms with E-state index in [9.17, 15) is 22.8 Å². The van der Waals surface area contributed by atoms with Crippen LogP contribution in [0.15, 0.2) is 48.5 Å². The van der Waals surface area contributed by atoms with Gasteiger partial charge in [0.15, 0.2) is 0 Å². The maximum Gasteiger partial charge on any atom is 0.417 e. The van der Waals surface area contributed by atoms with Crippen LogP contribution in [0.2, 0.25) is 0 Å². The zero-order chi connectivity index (χ0) is 21.2. The van der Waals surface area contributed by atoms with Crippen molar-refractivity contribution < 1.29 is 27.9 Å². The first-order chi connectivity index (χ1) is 13.7. The number of hydrogen-bond acceptors (Lipinski definition) is 3. The van der Waals surface area contributed by atoms with Gasteiger partial charge in [-0.2, -0.15) is 13.2 Å². The van der Waals surface area contributed by atoms with Crippen molar-refractivity contribution in [3.63, 3.8) is 0 Å². The molecule has 2 amide bonds. The molecule has 0 aliphatic rings. The minimum Gasteiger partial charge on any atom is -0.396 e. The Morgan fingerprint density at radius 2 is 1.83 bits per heavy atom. The summed E-state index contributed by atoms with van der Waals surface area (Å²) < 4.78 is 41.1. The van der Waals surface area contributed by atoms with Gasteiger partial charge in [0.25, 0.3) is 11.8 Å². The first-order valence-electron chi connectivity index (χ1n) is 8.74. The summed E-state index contributed by atoms with van der Waals surface area (Å²) in [5.41, 5.74) is 5.05. The van der Waals surface area contributed by atoms with Crippen molar-refractivity contribution in [1.82, 2.24) is 4.57 Å². The average Bonchev–Trinajstić information content (AvgIpc) is 3.03. The number of carbonyl (C=O) groups excluding carboxylic acids is 2. The molecule has 0 saturated carbocycles. The van der Waals surface area contributed by atoms with Crippen LogP contribution in [0.25, 0.3) is 10.9 Å². The maximum absolute atomic E-state index is 13.1. The quantitative estimate of drug-likeness (QED) is 0.586. The second kappa shape index (κ2) is 7.96. The second-order valence-corrected chi connectivity index (χ2v) is 6.39. The standard InChI is InChI=1S/C20H18F3N3O3/c21-20(22,23)15-5-2-1-4-14(15)19(29)25-13-6-7-16-12(10-13)11-17(18(24)28)26(16)8-3-9-27/h1-2,4-7,10-11,27H,3,8-9H2,(H2,24,28)(H,25,29). The van der Waals surface area contributed by atoms with Crippen LogP contribution in [0.3, 0.4) is 0 Å². The summed E-state index contributed by atoms with van der Waals surface area (Å²) in [6, 6.07) is 10.8. The highest BCUT2D eigenvalue weighted by atomic mass is 19.4. The minimum absolute atomic E-state index is 0.0649. The molecule has 0 aliphatic heterocycles. The van der Waals surface area contributed by atoms with Crippen molar-refractivity contribution >= 4 is 28.4 Å². The molecule has 9 heteroatoms. The minimum atomic E-state index is -4.65. The van der Waals surface area contributed by atoms with Crippen LogP contribution in [0, 0.1) is 0 Å². The van der Waals surface area contributed by atoms with E-state index < -0.39 is 29.1 Å². The number of benzene rings is 2. The monoisotopic (exact) mass is 405 g/mol. The fourth-order valence-corrected chi connectivity index (χ4v) is 3.15. The molecule has 3 rings (SSSR count). The van der Waals surface area contributed by atoms with Gasteiger partial charge in [0.1, 0.15) is 5.69 Å². The number of hydrogen-bond donors (Lipinski definition) is 3. The molecule has 3 aromatic rings. The van der Waals surface area contributed by atoms with E-state index in [2.05, 4.69) is 5.32 Å². The number of anilines is 1. The van der Waals surface area contributed by atoms with Crippen LogP contribution >= 0.6 is 0 Å². The van der Waals surface area contributed by atoms with E-state index in [1.807, 2.05) is 0 Å². The molecule has 4 N–H and O–H groups in total. The molecule has 1 heterocycles. The largest absolute Gasteiger partial charge is 0.417 e. The topological polar surface area (TPSA) is 97.4 Å². The summed E-state index contributed by atoms with van der Waals surface area (Å²) in [5, 5.41) is 12.1. The second-order valence-electron chi connectivity index (χ2n) is 6.39. The number of aromatic nitrogens is 1. The van der Waals surface area contributed by atoms with Gasteiger partial charge in [0, 0.05) is 29.7 Å². The number of aliphatic hydroxyl groups is 1. The van der Waals surface area contributed by atoms with E-state index in [0.29, 0.717) is 23.9 Å². The average molecular weight is 405 g/mol. The van der Waals surface area contributed by atoms with Gasteiger partial charge in [-0.25, -0.2) is 0 Å². The number of nitrogens with two attached hydrogens (primary N) is 1. The SMILES string of the molecule is NC(=O)c1cc2cc(NC(=O)c3ccccc3C(F)(F)F)ccc2n1CCCO. The maximum atomic E-state index is 13.1. The van der Waals surface area contributed by atoms with Crippen molar-refractivity contribution in [3.05, 3.63) is 65.4 Å². The molecule has 29 heavy (non-hydrogen) atoms. The molecule has 0 unspecified atom stereocenters. The molecule has 0 fully saturated rings. The van der Waals surface area contributed by atoms with Crippen molar-refractivity contribution in [2.45, 2.75) is 19.1 Å². The molecule has 0 atom stereocenters. The lowest BCUT2D eigenvalue weighted by Gasteiger charge is -2.13. The van der Waals surface area contributed by atoms with Gasteiger partial charge in [-0.15, -0.1) is 0 Å². The number of nitrogens with zero attached hydrogens (tertiary/aromatic N) is 1. The lowest BCUT2D eigenvalue weighted by atomic mass is 10.1. The lowest BCUT2D eigenvalue weighted by molar-refractivity contribution is -0.137. The molecule has 0 saturated heterocycles. The number of alkyl halides is 3. The van der Waals surface area contributed by atoms with Gasteiger partial charge in [0.2, 0.25) is 0 Å². The first-order valence-corrected chi connectivity index (χ1v) is 8.74. The van der Waals surface area contributed by atoms with Crippen LogP contribution < -0.4 is 11.1 Å². The van der Waals surface area contributed by atoms with Gasteiger partial charge in [0.05, 0.1) is 11.1 Å². The summed E-state index contributed by atoms with van der Waals surface area (Å²) in [6.45, 7) is 0.299. The smallest absolute Gasteiger partial charge is 0.396 e. The Balaban J connectivity index is 1.94. The molecule has 0 radical (unpaired) electrons. The highest BCUT2D eigenvalue weighted by molar-refractivity contribution is 6.06. The zero-order valence-corrected chi connectivity index (χ0v) is 15.2. The van der Waals surface area contributed by atoms with E-state index in [1.165, 1.54) is 24.3 Å². The molecule has 2 aromatic carbocycles. The number of amides is 2. The Labute approximate surface area is 163 Å². The summed E-state index contributed by atoms with van der Waals surface area (Å²) in [4.78, 5) is 24.1. The summed E-state index contributed by atoms with van der Waals surface area (Å²) in [5.74, 6) is -1.55. The van der Waals surface area contributed by atoms with Crippen LogP contribution in [0.1, 0.15) is 32.8 Å². The number of fused-ring (bicyclic) bond motifs is 1.